The Morgan fingerprint density at radius 2 is 1.92 bits per heavy atom. The van der Waals surface area contributed by atoms with Gasteiger partial charge in [-0.3, -0.25) is 9.89 Å². The Hall–Kier alpha value is -3.61. The largest absolute Gasteiger partial charge is 0.508 e. The van der Waals surface area contributed by atoms with Crippen molar-refractivity contribution >= 4 is 12.1 Å². The maximum Gasteiger partial charge on any atom is 0.289 e. The summed E-state index contributed by atoms with van der Waals surface area (Å²) < 4.78 is 0. The van der Waals surface area contributed by atoms with E-state index in [1.165, 1.54) is 12.3 Å². The van der Waals surface area contributed by atoms with Gasteiger partial charge in [-0.25, -0.2) is 5.43 Å². The van der Waals surface area contributed by atoms with Crippen LogP contribution in [0.15, 0.2) is 47.6 Å². The van der Waals surface area contributed by atoms with Crippen molar-refractivity contribution in [2.45, 2.75) is 13.8 Å². The number of hydrogen-bond acceptors (Lipinski definition) is 5. The number of hydrazone groups is 1. The van der Waals surface area contributed by atoms with E-state index >= 15 is 0 Å². The number of nitrogens with zero attached hydrogens (tertiary/aromatic N) is 2. The van der Waals surface area contributed by atoms with E-state index in [9.17, 15) is 15.0 Å². The average Bonchev–Trinajstić information content (AvgIpc) is 3.13. The summed E-state index contributed by atoms with van der Waals surface area (Å²) in [5.74, 6) is -0.524. The highest BCUT2D eigenvalue weighted by atomic mass is 16.3. The van der Waals surface area contributed by atoms with Gasteiger partial charge in [-0.1, -0.05) is 30.3 Å². The van der Waals surface area contributed by atoms with E-state index in [1.807, 2.05) is 30.3 Å². The van der Waals surface area contributed by atoms with Crippen LogP contribution in [0.2, 0.25) is 0 Å². The third-order valence-electron chi connectivity index (χ3n) is 4.02. The molecule has 3 rings (SSSR count). The Labute approximate surface area is 150 Å². The number of H-pyrrole nitrogens is 1. The van der Waals surface area contributed by atoms with Gasteiger partial charge in [-0.15, -0.1) is 0 Å². The lowest BCUT2D eigenvalue weighted by molar-refractivity contribution is 0.0950. The fourth-order valence-corrected chi connectivity index (χ4v) is 2.47. The molecule has 0 saturated heterocycles. The normalized spacial score (nSPS) is 11.0. The number of aromatic hydroxyl groups is 2. The Balaban J connectivity index is 1.73. The lowest BCUT2D eigenvalue weighted by atomic mass is 10.0. The molecule has 0 aliphatic rings. The van der Waals surface area contributed by atoms with Gasteiger partial charge >= 0.3 is 0 Å². The number of amides is 1. The number of phenolic OH excluding ortho intramolecular Hbond substituents is 2. The maximum absolute atomic E-state index is 12.2. The van der Waals surface area contributed by atoms with E-state index in [0.29, 0.717) is 22.4 Å². The molecular weight excluding hydrogens is 332 g/mol. The van der Waals surface area contributed by atoms with Crippen LogP contribution in [0.1, 0.15) is 27.2 Å². The molecule has 0 atom stereocenters. The van der Waals surface area contributed by atoms with E-state index in [1.54, 1.807) is 19.9 Å². The van der Waals surface area contributed by atoms with Crippen molar-refractivity contribution in [2.75, 3.05) is 0 Å². The fourth-order valence-electron chi connectivity index (χ4n) is 2.47. The van der Waals surface area contributed by atoms with E-state index in [0.717, 1.165) is 5.56 Å². The van der Waals surface area contributed by atoms with Gasteiger partial charge in [0.05, 0.1) is 11.9 Å². The number of rotatable bonds is 4. The molecule has 7 nitrogen and oxygen atoms in total. The number of aromatic amines is 1. The quantitative estimate of drug-likeness (QED) is 0.428. The van der Waals surface area contributed by atoms with E-state index in [4.69, 9.17) is 0 Å². The summed E-state index contributed by atoms with van der Waals surface area (Å²) in [5, 5.41) is 30.4. The zero-order valence-corrected chi connectivity index (χ0v) is 14.3. The zero-order valence-electron chi connectivity index (χ0n) is 14.3. The van der Waals surface area contributed by atoms with E-state index in [2.05, 4.69) is 20.7 Å². The number of benzene rings is 2. The standard InChI is InChI=1S/C19H18N4O3/c1-11-8-17(24)12(2)18(25)14(11)10-20-23-19(26)16-9-15(21-22-16)13-6-4-3-5-7-13/h3-10,24-25H,1-2H3,(H,21,22)(H,23,26)/b20-10-. The minimum Gasteiger partial charge on any atom is -0.508 e. The molecule has 26 heavy (non-hydrogen) atoms. The molecule has 4 N–H and O–H groups in total. The second-order valence-corrected chi connectivity index (χ2v) is 5.83. The molecule has 1 heterocycles. The summed E-state index contributed by atoms with van der Waals surface area (Å²) >= 11 is 0. The number of carbonyl (C=O) groups is 1. The summed E-state index contributed by atoms with van der Waals surface area (Å²) in [5.41, 5.74) is 5.62. The van der Waals surface area contributed by atoms with Gasteiger partial charge in [-0.2, -0.15) is 10.2 Å². The average molecular weight is 350 g/mol. The topological polar surface area (TPSA) is 111 Å². The second-order valence-electron chi connectivity index (χ2n) is 5.83. The Morgan fingerprint density at radius 3 is 2.65 bits per heavy atom. The van der Waals surface area contributed by atoms with Crippen LogP contribution in [-0.2, 0) is 0 Å². The first-order valence-electron chi connectivity index (χ1n) is 7.93. The van der Waals surface area contributed by atoms with Crippen LogP contribution in [-0.4, -0.2) is 32.5 Å². The first-order valence-corrected chi connectivity index (χ1v) is 7.93. The van der Waals surface area contributed by atoms with Crippen LogP contribution in [0.5, 0.6) is 11.5 Å². The lowest BCUT2D eigenvalue weighted by Gasteiger charge is -2.08. The van der Waals surface area contributed by atoms with Crippen molar-refractivity contribution in [2.24, 2.45) is 5.10 Å². The van der Waals surface area contributed by atoms with Crippen molar-refractivity contribution in [1.82, 2.24) is 15.6 Å². The highest BCUT2D eigenvalue weighted by molar-refractivity contribution is 5.94. The van der Waals surface area contributed by atoms with Crippen molar-refractivity contribution in [3.63, 3.8) is 0 Å². The molecule has 0 fully saturated rings. The molecule has 0 saturated carbocycles. The second kappa shape index (κ2) is 7.10. The van der Waals surface area contributed by atoms with Crippen molar-refractivity contribution in [3.8, 4) is 22.8 Å². The summed E-state index contributed by atoms with van der Waals surface area (Å²) in [4.78, 5) is 12.2. The molecule has 0 aliphatic carbocycles. The summed E-state index contributed by atoms with van der Waals surface area (Å²) in [6, 6.07) is 12.6. The third-order valence-corrected chi connectivity index (χ3v) is 4.02. The SMILES string of the molecule is Cc1cc(O)c(C)c(O)c1/C=N\NC(=O)c1cc(-c2ccccc2)n[nH]1. The molecule has 0 aliphatic heterocycles. The van der Waals surface area contributed by atoms with Crippen LogP contribution in [0.25, 0.3) is 11.3 Å². The highest BCUT2D eigenvalue weighted by Gasteiger charge is 2.12. The zero-order chi connectivity index (χ0) is 18.7. The van der Waals surface area contributed by atoms with Gasteiger partial charge in [0.15, 0.2) is 0 Å². The molecule has 132 valence electrons. The van der Waals surface area contributed by atoms with Crippen molar-refractivity contribution in [1.29, 1.82) is 0 Å². The van der Waals surface area contributed by atoms with Gasteiger partial charge in [0.2, 0.25) is 0 Å². The number of aryl methyl sites for hydroxylation is 1. The molecule has 1 aromatic heterocycles. The molecular formula is C19H18N4O3. The number of aromatic nitrogens is 2. The minimum atomic E-state index is -0.455. The van der Waals surface area contributed by atoms with E-state index < -0.39 is 5.91 Å². The Morgan fingerprint density at radius 1 is 1.19 bits per heavy atom. The molecule has 0 spiro atoms. The van der Waals surface area contributed by atoms with Gasteiger partial charge in [0.25, 0.3) is 5.91 Å². The van der Waals surface area contributed by atoms with Crippen molar-refractivity contribution in [3.05, 3.63) is 64.8 Å². The highest BCUT2D eigenvalue weighted by Crippen LogP contribution is 2.31. The van der Waals surface area contributed by atoms with Crippen LogP contribution in [0, 0.1) is 13.8 Å². The van der Waals surface area contributed by atoms with E-state index in [-0.39, 0.29) is 17.2 Å². The minimum absolute atomic E-state index is 0.00656. The fraction of sp³-hybridized carbons (Fsp3) is 0.105. The summed E-state index contributed by atoms with van der Waals surface area (Å²) in [7, 11) is 0. The number of nitrogens with one attached hydrogen (secondary N) is 2. The van der Waals surface area contributed by atoms with Crippen LogP contribution < -0.4 is 5.43 Å². The molecule has 0 bridgehead atoms. The van der Waals surface area contributed by atoms with Crippen molar-refractivity contribution < 1.29 is 15.0 Å². The Kier molecular flexibility index (Phi) is 4.70. The molecule has 0 unspecified atom stereocenters. The lowest BCUT2D eigenvalue weighted by Crippen LogP contribution is -2.18. The maximum atomic E-state index is 12.2. The Bertz CT molecular complexity index is 978. The van der Waals surface area contributed by atoms with Crippen LogP contribution in [0.4, 0.5) is 0 Å². The van der Waals surface area contributed by atoms with Crippen LogP contribution >= 0.6 is 0 Å². The monoisotopic (exact) mass is 350 g/mol. The third kappa shape index (κ3) is 3.41. The molecule has 2 aromatic carbocycles. The molecule has 3 aromatic rings. The van der Waals surface area contributed by atoms with Gasteiger partial charge in [0, 0.05) is 16.7 Å². The van der Waals surface area contributed by atoms with Crippen LogP contribution in [0.3, 0.4) is 0 Å². The van der Waals surface area contributed by atoms with Gasteiger partial charge in [-0.05, 0) is 31.5 Å². The predicted octanol–water partition coefficient (Wildman–Crippen LogP) is 2.87. The molecule has 1 amide bonds. The molecule has 7 heteroatoms. The van der Waals surface area contributed by atoms with Gasteiger partial charge < -0.3 is 10.2 Å². The first kappa shape index (κ1) is 17.2. The summed E-state index contributed by atoms with van der Waals surface area (Å²) in [6.07, 6.45) is 1.34. The summed E-state index contributed by atoms with van der Waals surface area (Å²) in [6.45, 7) is 3.32. The predicted molar refractivity (Wildman–Crippen MR) is 98.3 cm³/mol. The number of phenols is 2. The number of carbonyl (C=O) groups excluding carboxylic acids is 1. The molecule has 0 radical (unpaired) electrons. The van der Waals surface area contributed by atoms with Gasteiger partial charge in [0.1, 0.15) is 17.2 Å². The first-order chi connectivity index (χ1) is 12.5. The smallest absolute Gasteiger partial charge is 0.289 e. The number of hydrogen-bond donors (Lipinski definition) is 4.